The Morgan fingerprint density at radius 2 is 1.63 bits per heavy atom. The Hall–Kier alpha value is -3.49. The molecule has 41 heavy (non-hydrogen) atoms. The third kappa shape index (κ3) is 6.23. The van der Waals surface area contributed by atoms with Crippen LogP contribution in [0.25, 0.3) is 27.3 Å². The molecule has 3 heterocycles. The highest BCUT2D eigenvalue weighted by Gasteiger charge is 2.21. The van der Waals surface area contributed by atoms with E-state index < -0.39 is 10.1 Å². The van der Waals surface area contributed by atoms with E-state index >= 15 is 0 Å². The molecule has 5 aromatic rings. The third-order valence-electron chi connectivity index (χ3n) is 7.65. The number of ether oxygens (including phenoxy) is 1. The molecule has 0 aliphatic carbocycles. The van der Waals surface area contributed by atoms with E-state index in [4.69, 9.17) is 9.84 Å². The van der Waals surface area contributed by atoms with Gasteiger partial charge in [-0.3, -0.25) is 0 Å². The van der Waals surface area contributed by atoms with Gasteiger partial charge in [0, 0.05) is 40.6 Å². The van der Waals surface area contributed by atoms with Crippen LogP contribution in [0.2, 0.25) is 0 Å². The second-order valence-corrected chi connectivity index (χ2v) is 12.0. The molecule has 2 aromatic carbocycles. The minimum atomic E-state index is -4.33. The van der Waals surface area contributed by atoms with Crippen molar-refractivity contribution in [1.82, 2.24) is 9.67 Å². The van der Waals surface area contributed by atoms with E-state index in [-0.39, 0.29) is 4.90 Å². The number of nitrogens with zero attached hydrogens (tertiary/aromatic N) is 3. The summed E-state index contributed by atoms with van der Waals surface area (Å²) >= 11 is 0. The molecule has 218 valence electrons. The second-order valence-electron chi connectivity index (χ2n) is 10.7. The second kappa shape index (κ2) is 12.6. The fourth-order valence-electron chi connectivity index (χ4n) is 5.84. The average molecular weight is 576 g/mol. The van der Waals surface area contributed by atoms with Crippen molar-refractivity contribution < 1.29 is 22.2 Å². The topological polar surface area (TPSA) is 88.3 Å². The van der Waals surface area contributed by atoms with Crippen molar-refractivity contribution in [3.8, 4) is 5.75 Å². The van der Waals surface area contributed by atoms with Crippen molar-refractivity contribution in [3.63, 3.8) is 0 Å². The molecule has 5 rings (SSSR count). The highest BCUT2D eigenvalue weighted by atomic mass is 32.2. The van der Waals surface area contributed by atoms with Crippen molar-refractivity contribution in [3.05, 3.63) is 76.6 Å². The highest BCUT2D eigenvalue weighted by molar-refractivity contribution is 7.85. The van der Waals surface area contributed by atoms with Gasteiger partial charge in [0.15, 0.2) is 0 Å². The minimum Gasteiger partial charge on any atom is -0.744 e. The first kappa shape index (κ1) is 30.5. The summed E-state index contributed by atoms with van der Waals surface area (Å²) in [7, 11) is -2.59. The first-order chi connectivity index (χ1) is 19.5. The molecule has 0 unspecified atom stereocenters. The third-order valence-corrected chi connectivity index (χ3v) is 8.79. The molecule has 0 atom stereocenters. The molecule has 0 amide bonds. The Balaban J connectivity index is 0.000000251. The van der Waals surface area contributed by atoms with Crippen molar-refractivity contribution in [2.45, 2.75) is 85.1 Å². The van der Waals surface area contributed by atoms with Crippen LogP contribution >= 0.6 is 0 Å². The quantitative estimate of drug-likeness (QED) is 0.116. The maximum absolute atomic E-state index is 10.8. The lowest BCUT2D eigenvalue weighted by atomic mass is 10.1. The first-order valence-electron chi connectivity index (χ1n) is 14.4. The Bertz CT molecular complexity index is 1800. The summed E-state index contributed by atoms with van der Waals surface area (Å²) in [5, 5.41) is 7.51. The van der Waals surface area contributed by atoms with Crippen LogP contribution in [0.15, 0.2) is 53.6 Å². The highest BCUT2D eigenvalue weighted by Crippen LogP contribution is 2.33. The molecule has 0 aliphatic heterocycles. The Morgan fingerprint density at radius 3 is 2.22 bits per heavy atom. The Kier molecular flexibility index (Phi) is 9.34. The van der Waals surface area contributed by atoms with E-state index in [2.05, 4.69) is 66.4 Å². The molecule has 0 N–H and O–H groups in total. The maximum Gasteiger partial charge on any atom is 0.262 e. The minimum absolute atomic E-state index is 0.0851. The van der Waals surface area contributed by atoms with E-state index in [1.54, 1.807) is 33.1 Å². The molecule has 0 fully saturated rings. The van der Waals surface area contributed by atoms with Gasteiger partial charge in [-0.05, 0) is 68.9 Å². The Morgan fingerprint density at radius 1 is 0.927 bits per heavy atom. The van der Waals surface area contributed by atoms with Crippen LogP contribution in [0.3, 0.4) is 0 Å². The normalized spacial score (nSPS) is 11.7. The number of hydrogen-bond acceptors (Lipinski definition) is 5. The number of hydrogen-bond donors (Lipinski definition) is 0. The van der Waals surface area contributed by atoms with Crippen molar-refractivity contribution >= 4 is 37.4 Å². The number of rotatable bonds is 8. The molecule has 8 heteroatoms. The number of unbranched alkanes of at least 4 members (excludes halogenated alkanes) is 2. The van der Waals surface area contributed by atoms with Crippen LogP contribution in [-0.2, 0) is 29.5 Å². The largest absolute Gasteiger partial charge is 0.744 e. The van der Waals surface area contributed by atoms with Crippen molar-refractivity contribution in [1.29, 1.82) is 0 Å². The molecule has 0 saturated heterocycles. The van der Waals surface area contributed by atoms with Gasteiger partial charge in [-0.2, -0.15) is 0 Å². The standard InChI is InChI=1S/C24H30N3O.C9H12O3S/c1-5-8-9-13-26-22-16-18(28-4)10-11-19(22)20-12-14-27-23(24(20)26)15-17(6-2)21(7-3)25-27;1-6-4-7(2)9(8(3)5-6)13(10,11)12/h10-12,14-16H,5-9,13H2,1-4H3;4-5H,1-3H3,(H,10,11,12)/q+1;/p-1. The van der Waals surface area contributed by atoms with E-state index in [1.807, 2.05) is 6.92 Å². The Labute approximate surface area is 243 Å². The van der Waals surface area contributed by atoms with E-state index in [0.29, 0.717) is 11.1 Å². The first-order valence-corrected chi connectivity index (χ1v) is 15.8. The number of pyridine rings is 1. The molecule has 0 saturated carbocycles. The van der Waals surface area contributed by atoms with E-state index in [9.17, 15) is 13.0 Å². The van der Waals surface area contributed by atoms with Gasteiger partial charge < -0.3 is 13.9 Å². The number of aromatic nitrogens is 3. The van der Waals surface area contributed by atoms with Gasteiger partial charge in [0.25, 0.3) is 5.52 Å². The van der Waals surface area contributed by atoms with Gasteiger partial charge >= 0.3 is 0 Å². The van der Waals surface area contributed by atoms with Crippen molar-refractivity contribution in [2.75, 3.05) is 7.11 Å². The van der Waals surface area contributed by atoms with Crippen LogP contribution in [0.4, 0.5) is 0 Å². The zero-order valence-corrected chi connectivity index (χ0v) is 26.1. The molecule has 0 radical (unpaired) electrons. The number of aryl methyl sites for hydroxylation is 6. The zero-order valence-electron chi connectivity index (χ0n) is 25.2. The van der Waals surface area contributed by atoms with E-state index in [0.717, 1.165) is 30.7 Å². The summed E-state index contributed by atoms with van der Waals surface area (Å²) in [5.41, 5.74) is 8.26. The lowest BCUT2D eigenvalue weighted by Crippen LogP contribution is -2.29. The fourth-order valence-corrected chi connectivity index (χ4v) is 6.75. The molecular formula is C33H41N3O4S. The van der Waals surface area contributed by atoms with Crippen molar-refractivity contribution in [2.24, 2.45) is 0 Å². The number of fused-ring (bicyclic) bond motifs is 5. The maximum atomic E-state index is 10.8. The summed E-state index contributed by atoms with van der Waals surface area (Å²) < 4.78 is 42.6. The van der Waals surface area contributed by atoms with E-state index in [1.165, 1.54) is 57.8 Å². The molecular weight excluding hydrogens is 534 g/mol. The molecule has 0 spiro atoms. The molecule has 3 aromatic heterocycles. The average Bonchev–Trinajstić information content (AvgIpc) is 3.24. The summed E-state index contributed by atoms with van der Waals surface area (Å²) in [6.45, 7) is 12.8. The van der Waals surface area contributed by atoms with Gasteiger partial charge in [0.1, 0.15) is 27.1 Å². The van der Waals surface area contributed by atoms with Gasteiger partial charge in [0.2, 0.25) is 6.20 Å². The summed E-state index contributed by atoms with van der Waals surface area (Å²) in [6.07, 6.45) is 7.71. The SMILES string of the molecule is CCCCCn1c2cc(OC)ccc2c2cc[n+]3nc(CC)c(CC)cc3c21.Cc1cc(C)c(S(=O)(=O)[O-])c(C)c1. The summed E-state index contributed by atoms with van der Waals surface area (Å²) in [5.74, 6) is 0.907. The lowest BCUT2D eigenvalue weighted by molar-refractivity contribution is -0.580. The van der Waals surface area contributed by atoms with Crippen LogP contribution in [0.5, 0.6) is 5.75 Å². The van der Waals surface area contributed by atoms with Gasteiger partial charge in [-0.15, -0.1) is 0 Å². The van der Waals surface area contributed by atoms with Crippen LogP contribution < -0.4 is 9.25 Å². The smallest absolute Gasteiger partial charge is 0.262 e. The molecule has 7 nitrogen and oxygen atoms in total. The zero-order chi connectivity index (χ0) is 29.9. The lowest BCUT2D eigenvalue weighted by Gasteiger charge is -2.14. The summed E-state index contributed by atoms with van der Waals surface area (Å²) in [6, 6.07) is 14.4. The van der Waals surface area contributed by atoms with Gasteiger partial charge in [-0.25, -0.2) is 8.42 Å². The van der Waals surface area contributed by atoms with Crippen LogP contribution in [0.1, 0.15) is 68.0 Å². The molecule has 0 aliphatic rings. The fraction of sp³-hybridized carbons (Fsp3) is 0.394. The number of methoxy groups -OCH3 is 1. The predicted molar refractivity (Wildman–Crippen MR) is 164 cm³/mol. The molecule has 0 bridgehead atoms. The van der Waals surface area contributed by atoms with Gasteiger partial charge in [-0.1, -0.05) is 55.8 Å². The number of benzene rings is 2. The predicted octanol–water partition coefficient (Wildman–Crippen LogP) is 6.77. The van der Waals surface area contributed by atoms with Crippen LogP contribution in [0, 0.1) is 20.8 Å². The summed E-state index contributed by atoms with van der Waals surface area (Å²) in [4.78, 5) is -0.0851. The monoisotopic (exact) mass is 575 g/mol. The van der Waals surface area contributed by atoms with Crippen LogP contribution in [-0.4, -0.2) is 29.7 Å². The van der Waals surface area contributed by atoms with Gasteiger partial charge in [0.05, 0.1) is 17.5 Å².